The first-order valence-corrected chi connectivity index (χ1v) is 5.63. The van der Waals surface area contributed by atoms with E-state index >= 15 is 0 Å². The summed E-state index contributed by atoms with van der Waals surface area (Å²) < 4.78 is 0. The van der Waals surface area contributed by atoms with Crippen molar-refractivity contribution in [3.63, 3.8) is 0 Å². The van der Waals surface area contributed by atoms with E-state index in [9.17, 15) is 4.79 Å². The first kappa shape index (κ1) is 12.5. The summed E-state index contributed by atoms with van der Waals surface area (Å²) in [5.74, 6) is 0.691. The average molecular weight is 214 g/mol. The molecule has 1 heterocycles. The van der Waals surface area contributed by atoms with Gasteiger partial charge in [-0.05, 0) is 52.6 Å². The Bertz CT molecular complexity index is 195. The highest BCUT2D eigenvalue weighted by atomic mass is 16.7. The number of nitrogens with zero attached hydrogens (tertiary/aromatic N) is 1. The maximum Gasteiger partial charge on any atom is 0.233 e. The largest absolute Gasteiger partial charge is 0.316 e. The molecular weight excluding hydrogens is 192 g/mol. The van der Waals surface area contributed by atoms with E-state index in [1.54, 1.807) is 0 Å². The Morgan fingerprint density at radius 1 is 1.53 bits per heavy atom. The molecule has 4 nitrogen and oxygen atoms in total. The topological polar surface area (TPSA) is 41.6 Å². The molecule has 0 aromatic rings. The smallest absolute Gasteiger partial charge is 0.233 e. The van der Waals surface area contributed by atoms with Crippen molar-refractivity contribution in [3.05, 3.63) is 0 Å². The highest BCUT2D eigenvalue weighted by Gasteiger charge is 2.19. The standard InChI is InChI=1S/C11H22N2O2/c1-11(2,3)15-13(9-14)7-5-10-4-6-12-8-10/h9-10,12H,4-8H2,1-3H3/t10-/m0/s1. The van der Waals surface area contributed by atoms with E-state index in [-0.39, 0.29) is 5.60 Å². The van der Waals surface area contributed by atoms with Gasteiger partial charge in [-0.3, -0.25) is 9.63 Å². The Morgan fingerprint density at radius 3 is 2.73 bits per heavy atom. The van der Waals surface area contributed by atoms with Gasteiger partial charge >= 0.3 is 0 Å². The van der Waals surface area contributed by atoms with Crippen LogP contribution in [0.2, 0.25) is 0 Å². The molecule has 1 rings (SSSR count). The summed E-state index contributed by atoms with van der Waals surface area (Å²) in [7, 11) is 0. The molecular formula is C11H22N2O2. The molecule has 0 unspecified atom stereocenters. The third-order valence-corrected chi connectivity index (χ3v) is 2.43. The zero-order valence-corrected chi connectivity index (χ0v) is 9.95. The number of hydrogen-bond donors (Lipinski definition) is 1. The summed E-state index contributed by atoms with van der Waals surface area (Å²) in [6.45, 7) is 8.70. The Hall–Kier alpha value is -0.610. The summed E-state index contributed by atoms with van der Waals surface area (Å²) >= 11 is 0. The van der Waals surface area contributed by atoms with E-state index < -0.39 is 0 Å². The second kappa shape index (κ2) is 5.47. The van der Waals surface area contributed by atoms with Crippen LogP contribution in [0, 0.1) is 5.92 Å². The van der Waals surface area contributed by atoms with Gasteiger partial charge in [-0.25, -0.2) is 5.06 Å². The predicted octanol–water partition coefficient (Wildman–Crippen LogP) is 1.17. The fourth-order valence-electron chi connectivity index (χ4n) is 1.74. The van der Waals surface area contributed by atoms with Crippen molar-refractivity contribution in [1.82, 2.24) is 10.4 Å². The van der Waals surface area contributed by atoms with Crippen LogP contribution in [0.5, 0.6) is 0 Å². The molecule has 1 amide bonds. The van der Waals surface area contributed by atoms with Crippen molar-refractivity contribution in [2.75, 3.05) is 19.6 Å². The van der Waals surface area contributed by atoms with E-state index in [0.717, 1.165) is 25.9 Å². The minimum Gasteiger partial charge on any atom is -0.316 e. The predicted molar refractivity (Wildman–Crippen MR) is 59.2 cm³/mol. The third-order valence-electron chi connectivity index (χ3n) is 2.43. The summed E-state index contributed by atoms with van der Waals surface area (Å²) in [4.78, 5) is 16.3. The van der Waals surface area contributed by atoms with Gasteiger partial charge in [0.2, 0.25) is 6.41 Å². The van der Waals surface area contributed by atoms with Gasteiger partial charge in [-0.1, -0.05) is 0 Å². The lowest BCUT2D eigenvalue weighted by Gasteiger charge is -2.27. The molecule has 0 spiro atoms. The van der Waals surface area contributed by atoms with Gasteiger partial charge in [0.25, 0.3) is 0 Å². The molecule has 1 fully saturated rings. The zero-order chi connectivity index (χ0) is 11.3. The Morgan fingerprint density at radius 2 is 2.27 bits per heavy atom. The molecule has 0 radical (unpaired) electrons. The first-order valence-electron chi connectivity index (χ1n) is 5.63. The summed E-state index contributed by atoms with van der Waals surface area (Å²) in [5, 5.41) is 4.73. The number of carbonyl (C=O) groups excluding carboxylic acids is 1. The summed E-state index contributed by atoms with van der Waals surface area (Å²) in [6, 6.07) is 0. The summed E-state index contributed by atoms with van der Waals surface area (Å²) in [5.41, 5.74) is -0.297. The van der Waals surface area contributed by atoms with Gasteiger partial charge in [0.1, 0.15) is 0 Å². The van der Waals surface area contributed by atoms with Crippen molar-refractivity contribution in [2.24, 2.45) is 5.92 Å². The summed E-state index contributed by atoms with van der Waals surface area (Å²) in [6.07, 6.45) is 3.00. The lowest BCUT2D eigenvalue weighted by Crippen LogP contribution is -2.34. The number of amides is 1. The monoisotopic (exact) mass is 214 g/mol. The van der Waals surface area contributed by atoms with Gasteiger partial charge in [0.05, 0.1) is 5.60 Å². The average Bonchev–Trinajstić information content (AvgIpc) is 2.62. The second-order valence-electron chi connectivity index (χ2n) is 5.10. The third kappa shape index (κ3) is 5.14. The maximum atomic E-state index is 10.8. The molecule has 1 aliphatic heterocycles. The van der Waals surface area contributed by atoms with Gasteiger partial charge in [0, 0.05) is 6.54 Å². The molecule has 0 saturated carbocycles. The van der Waals surface area contributed by atoms with Crippen LogP contribution in [0.15, 0.2) is 0 Å². The molecule has 15 heavy (non-hydrogen) atoms. The van der Waals surface area contributed by atoms with Gasteiger partial charge < -0.3 is 5.32 Å². The number of hydroxylamine groups is 2. The van der Waals surface area contributed by atoms with Gasteiger partial charge in [0.15, 0.2) is 0 Å². The lowest BCUT2D eigenvalue weighted by molar-refractivity contribution is -0.216. The number of rotatable bonds is 5. The minimum atomic E-state index is -0.297. The Labute approximate surface area is 91.9 Å². The molecule has 0 aliphatic carbocycles. The van der Waals surface area contributed by atoms with Crippen LogP contribution in [-0.2, 0) is 9.63 Å². The molecule has 1 aliphatic rings. The highest BCUT2D eigenvalue weighted by Crippen LogP contribution is 2.14. The minimum absolute atomic E-state index is 0.297. The normalized spacial score (nSPS) is 21.7. The van der Waals surface area contributed by atoms with Crippen LogP contribution in [0.25, 0.3) is 0 Å². The molecule has 88 valence electrons. The fourth-order valence-corrected chi connectivity index (χ4v) is 1.74. The fraction of sp³-hybridized carbons (Fsp3) is 0.909. The number of carbonyl (C=O) groups is 1. The second-order valence-corrected chi connectivity index (χ2v) is 5.10. The molecule has 0 bridgehead atoms. The van der Waals surface area contributed by atoms with E-state index in [0.29, 0.717) is 12.5 Å². The van der Waals surface area contributed by atoms with Crippen molar-refractivity contribution in [2.45, 2.75) is 39.2 Å². The van der Waals surface area contributed by atoms with Crippen LogP contribution >= 0.6 is 0 Å². The molecule has 1 atom stereocenters. The molecule has 0 aromatic carbocycles. The van der Waals surface area contributed by atoms with Crippen molar-refractivity contribution >= 4 is 6.41 Å². The van der Waals surface area contributed by atoms with Crippen molar-refractivity contribution in [3.8, 4) is 0 Å². The van der Waals surface area contributed by atoms with Gasteiger partial charge in [-0.15, -0.1) is 0 Å². The zero-order valence-electron chi connectivity index (χ0n) is 9.95. The van der Waals surface area contributed by atoms with Crippen molar-refractivity contribution < 1.29 is 9.63 Å². The van der Waals surface area contributed by atoms with Crippen LogP contribution in [0.1, 0.15) is 33.6 Å². The highest BCUT2D eigenvalue weighted by molar-refractivity contribution is 5.44. The van der Waals surface area contributed by atoms with Crippen LogP contribution in [0.3, 0.4) is 0 Å². The lowest BCUT2D eigenvalue weighted by atomic mass is 10.1. The maximum absolute atomic E-state index is 10.8. The van der Waals surface area contributed by atoms with E-state index in [4.69, 9.17) is 4.84 Å². The number of nitrogens with one attached hydrogen (secondary N) is 1. The van der Waals surface area contributed by atoms with Crippen LogP contribution in [-0.4, -0.2) is 36.7 Å². The number of hydrogen-bond acceptors (Lipinski definition) is 3. The van der Waals surface area contributed by atoms with Crippen LogP contribution in [0.4, 0.5) is 0 Å². The van der Waals surface area contributed by atoms with E-state index in [2.05, 4.69) is 5.32 Å². The molecule has 1 N–H and O–H groups in total. The molecule has 4 heteroatoms. The van der Waals surface area contributed by atoms with E-state index in [1.807, 2.05) is 20.8 Å². The van der Waals surface area contributed by atoms with Gasteiger partial charge in [-0.2, -0.15) is 0 Å². The molecule has 1 saturated heterocycles. The molecule has 0 aromatic heterocycles. The quantitative estimate of drug-likeness (QED) is 0.552. The Balaban J connectivity index is 2.24. The van der Waals surface area contributed by atoms with Crippen LogP contribution < -0.4 is 5.32 Å². The first-order chi connectivity index (χ1) is 7.01. The SMILES string of the molecule is CC(C)(C)ON(C=O)CC[C@@H]1CCNC1. The van der Waals surface area contributed by atoms with Crippen molar-refractivity contribution in [1.29, 1.82) is 0 Å². The van der Waals surface area contributed by atoms with E-state index in [1.165, 1.54) is 11.5 Å². The Kier molecular flexibility index (Phi) is 4.54.